The van der Waals surface area contributed by atoms with E-state index in [0.29, 0.717) is 11.4 Å². The van der Waals surface area contributed by atoms with Gasteiger partial charge in [0.05, 0.1) is 6.04 Å². The van der Waals surface area contributed by atoms with Gasteiger partial charge in [-0.05, 0) is 37.6 Å². The average Bonchev–Trinajstić information content (AvgIpc) is 2.92. The zero-order valence-corrected chi connectivity index (χ0v) is 11.1. The smallest absolute Gasteiger partial charge is 0.251 e. The molecule has 19 heavy (non-hydrogen) atoms. The molecule has 0 spiro atoms. The number of tetrazole rings is 1. The van der Waals surface area contributed by atoms with Gasteiger partial charge in [-0.15, -0.1) is 10.2 Å². The second-order valence-corrected chi connectivity index (χ2v) is 4.24. The van der Waals surface area contributed by atoms with Crippen molar-refractivity contribution in [1.82, 2.24) is 25.9 Å². The molecule has 1 unspecified atom stereocenters. The fourth-order valence-electron chi connectivity index (χ4n) is 1.78. The van der Waals surface area contributed by atoms with Gasteiger partial charge in [0.25, 0.3) is 5.91 Å². The molecule has 0 aliphatic rings. The number of carbonyl (C=O) groups is 1. The van der Waals surface area contributed by atoms with E-state index in [4.69, 9.17) is 0 Å². The lowest BCUT2D eigenvalue weighted by Crippen LogP contribution is -2.27. The zero-order chi connectivity index (χ0) is 13.8. The number of aromatic amines is 1. The van der Waals surface area contributed by atoms with Crippen LogP contribution in [0.3, 0.4) is 0 Å². The summed E-state index contributed by atoms with van der Waals surface area (Å²) >= 11 is 0. The van der Waals surface area contributed by atoms with Gasteiger partial charge in [0.1, 0.15) is 0 Å². The quantitative estimate of drug-likeness (QED) is 0.763. The van der Waals surface area contributed by atoms with Gasteiger partial charge in [0.15, 0.2) is 5.82 Å². The Balaban J connectivity index is 2.10. The molecule has 1 aromatic heterocycles. The Morgan fingerprint density at radius 3 is 2.79 bits per heavy atom. The molecule has 7 nitrogen and oxygen atoms in total. The third kappa shape index (κ3) is 2.87. The van der Waals surface area contributed by atoms with Crippen LogP contribution in [0.2, 0.25) is 0 Å². The summed E-state index contributed by atoms with van der Waals surface area (Å²) in [5, 5.41) is 19.4. The van der Waals surface area contributed by atoms with E-state index in [-0.39, 0.29) is 11.9 Å². The standard InChI is InChI=1S/C12H16N6O/c1-7-6-9(4-5-10(7)13-3)12(19)14-8(2)11-15-17-18-16-11/h4-6,8,13H,1-3H3,(H,14,19)(H,15,16,17,18). The van der Waals surface area contributed by atoms with E-state index in [2.05, 4.69) is 31.3 Å². The first-order valence-electron chi connectivity index (χ1n) is 5.94. The van der Waals surface area contributed by atoms with Gasteiger partial charge in [-0.3, -0.25) is 4.79 Å². The van der Waals surface area contributed by atoms with Gasteiger partial charge < -0.3 is 10.6 Å². The molecule has 0 bridgehead atoms. The lowest BCUT2D eigenvalue weighted by Gasteiger charge is -2.11. The fraction of sp³-hybridized carbons (Fsp3) is 0.333. The number of nitrogens with zero attached hydrogens (tertiary/aromatic N) is 3. The number of benzene rings is 1. The predicted molar refractivity (Wildman–Crippen MR) is 70.8 cm³/mol. The summed E-state index contributed by atoms with van der Waals surface area (Å²) < 4.78 is 0. The molecule has 1 amide bonds. The third-order valence-electron chi connectivity index (χ3n) is 2.85. The van der Waals surface area contributed by atoms with Crippen molar-refractivity contribution in [3.8, 4) is 0 Å². The molecule has 0 radical (unpaired) electrons. The van der Waals surface area contributed by atoms with Crippen LogP contribution in [0, 0.1) is 6.92 Å². The minimum absolute atomic E-state index is 0.164. The summed E-state index contributed by atoms with van der Waals surface area (Å²) in [5.74, 6) is 0.292. The van der Waals surface area contributed by atoms with E-state index in [1.807, 2.05) is 26.1 Å². The van der Waals surface area contributed by atoms with E-state index in [0.717, 1.165) is 11.3 Å². The number of anilines is 1. The molecule has 1 heterocycles. The van der Waals surface area contributed by atoms with Crippen LogP contribution in [0.4, 0.5) is 5.69 Å². The Kier molecular flexibility index (Phi) is 3.74. The molecule has 2 aromatic rings. The monoisotopic (exact) mass is 260 g/mol. The molecule has 7 heteroatoms. The topological polar surface area (TPSA) is 95.6 Å². The first-order chi connectivity index (χ1) is 9.11. The van der Waals surface area contributed by atoms with Crippen LogP contribution >= 0.6 is 0 Å². The van der Waals surface area contributed by atoms with Crippen LogP contribution in [0.25, 0.3) is 0 Å². The predicted octanol–water partition coefficient (Wildman–Crippen LogP) is 1.04. The van der Waals surface area contributed by atoms with E-state index in [1.165, 1.54) is 0 Å². The number of hydrogen-bond donors (Lipinski definition) is 3. The Labute approximate surface area is 110 Å². The number of aryl methyl sites for hydroxylation is 1. The van der Waals surface area contributed by atoms with Crippen LogP contribution in [0.5, 0.6) is 0 Å². The number of amides is 1. The molecular weight excluding hydrogens is 244 g/mol. The highest BCUT2D eigenvalue weighted by atomic mass is 16.1. The largest absolute Gasteiger partial charge is 0.388 e. The third-order valence-corrected chi connectivity index (χ3v) is 2.85. The maximum atomic E-state index is 12.1. The van der Waals surface area contributed by atoms with Crippen molar-refractivity contribution in [1.29, 1.82) is 0 Å². The second kappa shape index (κ2) is 5.47. The van der Waals surface area contributed by atoms with Crippen molar-refractivity contribution < 1.29 is 4.79 Å². The summed E-state index contributed by atoms with van der Waals surface area (Å²) in [6, 6.07) is 5.19. The molecular formula is C12H16N6O. The van der Waals surface area contributed by atoms with E-state index >= 15 is 0 Å². The molecule has 0 saturated heterocycles. The van der Waals surface area contributed by atoms with Crippen LogP contribution in [-0.4, -0.2) is 33.6 Å². The summed E-state index contributed by atoms with van der Waals surface area (Å²) in [4.78, 5) is 12.1. The van der Waals surface area contributed by atoms with Crippen molar-refractivity contribution in [2.45, 2.75) is 19.9 Å². The van der Waals surface area contributed by atoms with Gasteiger partial charge in [-0.2, -0.15) is 5.21 Å². The lowest BCUT2D eigenvalue weighted by molar-refractivity contribution is 0.0938. The highest BCUT2D eigenvalue weighted by Crippen LogP contribution is 2.16. The molecule has 1 atom stereocenters. The van der Waals surface area contributed by atoms with Gasteiger partial charge in [-0.25, -0.2) is 0 Å². The van der Waals surface area contributed by atoms with Crippen molar-refractivity contribution in [3.05, 3.63) is 35.2 Å². The molecule has 3 N–H and O–H groups in total. The molecule has 0 fully saturated rings. The van der Waals surface area contributed by atoms with E-state index in [1.54, 1.807) is 13.0 Å². The summed E-state index contributed by atoms with van der Waals surface area (Å²) in [7, 11) is 1.85. The van der Waals surface area contributed by atoms with Gasteiger partial charge >= 0.3 is 0 Å². The highest BCUT2D eigenvalue weighted by molar-refractivity contribution is 5.95. The van der Waals surface area contributed by atoms with Crippen LogP contribution < -0.4 is 10.6 Å². The minimum atomic E-state index is -0.296. The molecule has 0 saturated carbocycles. The number of hydrogen-bond acceptors (Lipinski definition) is 5. The number of rotatable bonds is 4. The van der Waals surface area contributed by atoms with Crippen LogP contribution in [0.1, 0.15) is 34.7 Å². The minimum Gasteiger partial charge on any atom is -0.388 e. The Hall–Kier alpha value is -2.44. The molecule has 0 aliphatic carbocycles. The zero-order valence-electron chi connectivity index (χ0n) is 11.1. The maximum Gasteiger partial charge on any atom is 0.251 e. The van der Waals surface area contributed by atoms with Gasteiger partial charge in [-0.1, -0.05) is 5.21 Å². The lowest BCUT2D eigenvalue weighted by atomic mass is 10.1. The van der Waals surface area contributed by atoms with Gasteiger partial charge in [0.2, 0.25) is 0 Å². The Morgan fingerprint density at radius 2 is 2.21 bits per heavy atom. The summed E-state index contributed by atoms with van der Waals surface area (Å²) in [6.07, 6.45) is 0. The highest BCUT2D eigenvalue weighted by Gasteiger charge is 2.15. The van der Waals surface area contributed by atoms with Crippen molar-refractivity contribution in [3.63, 3.8) is 0 Å². The Bertz CT molecular complexity index is 566. The van der Waals surface area contributed by atoms with Crippen molar-refractivity contribution in [2.75, 3.05) is 12.4 Å². The number of nitrogens with one attached hydrogen (secondary N) is 3. The van der Waals surface area contributed by atoms with Gasteiger partial charge in [0, 0.05) is 18.3 Å². The molecule has 100 valence electrons. The molecule has 1 aromatic carbocycles. The summed E-state index contributed by atoms with van der Waals surface area (Å²) in [5.41, 5.74) is 2.62. The van der Waals surface area contributed by atoms with Crippen LogP contribution in [-0.2, 0) is 0 Å². The SMILES string of the molecule is CNc1ccc(C(=O)NC(C)c2nn[nH]n2)cc1C. The number of carbonyl (C=O) groups excluding carboxylic acids is 1. The maximum absolute atomic E-state index is 12.1. The van der Waals surface area contributed by atoms with Crippen molar-refractivity contribution >= 4 is 11.6 Å². The fourth-order valence-corrected chi connectivity index (χ4v) is 1.78. The Morgan fingerprint density at radius 1 is 1.42 bits per heavy atom. The van der Waals surface area contributed by atoms with Crippen LogP contribution in [0.15, 0.2) is 18.2 Å². The second-order valence-electron chi connectivity index (χ2n) is 4.24. The van der Waals surface area contributed by atoms with E-state index < -0.39 is 0 Å². The summed E-state index contributed by atoms with van der Waals surface area (Å²) in [6.45, 7) is 3.75. The number of H-pyrrole nitrogens is 1. The first kappa shape index (κ1) is 13.0. The normalized spacial score (nSPS) is 11.9. The van der Waals surface area contributed by atoms with Crippen molar-refractivity contribution in [2.24, 2.45) is 0 Å². The molecule has 2 rings (SSSR count). The van der Waals surface area contributed by atoms with E-state index in [9.17, 15) is 4.79 Å². The molecule has 0 aliphatic heterocycles. The average molecular weight is 260 g/mol. The number of aromatic nitrogens is 4. The first-order valence-corrected chi connectivity index (χ1v) is 5.94.